The van der Waals surface area contributed by atoms with Gasteiger partial charge in [0.2, 0.25) is 5.95 Å². The molecule has 122 valence electrons. The maximum Gasteiger partial charge on any atom is 0.270 e. The molecule has 0 bridgehead atoms. The maximum atomic E-state index is 12.2. The van der Waals surface area contributed by atoms with Gasteiger partial charge in [0.1, 0.15) is 5.69 Å². The molecular formula is C17H23N5O. The van der Waals surface area contributed by atoms with Crippen molar-refractivity contribution in [3.05, 3.63) is 47.5 Å². The van der Waals surface area contributed by atoms with E-state index in [0.29, 0.717) is 24.1 Å². The normalized spacial score (nSPS) is 10.6. The van der Waals surface area contributed by atoms with Crippen molar-refractivity contribution < 1.29 is 4.79 Å². The van der Waals surface area contributed by atoms with E-state index in [0.717, 1.165) is 24.4 Å². The number of carbonyl (C=O) groups is 1. The zero-order chi connectivity index (χ0) is 16.7. The topological polar surface area (TPSA) is 79.8 Å². The average molecular weight is 313 g/mol. The molecule has 0 aromatic carbocycles. The Kier molecular flexibility index (Phi) is 6.02. The fraction of sp³-hybridized carbons (Fsp3) is 0.412. The van der Waals surface area contributed by atoms with E-state index in [1.54, 1.807) is 12.3 Å². The maximum absolute atomic E-state index is 12.2. The molecule has 0 fully saturated rings. The van der Waals surface area contributed by atoms with Crippen molar-refractivity contribution in [1.82, 2.24) is 20.3 Å². The first-order valence-corrected chi connectivity index (χ1v) is 7.82. The zero-order valence-electron chi connectivity index (χ0n) is 13.8. The van der Waals surface area contributed by atoms with Crippen LogP contribution in [0.3, 0.4) is 0 Å². The highest BCUT2D eigenvalue weighted by molar-refractivity contribution is 5.92. The van der Waals surface area contributed by atoms with Crippen LogP contribution in [-0.4, -0.2) is 27.4 Å². The summed E-state index contributed by atoms with van der Waals surface area (Å²) >= 11 is 0. The van der Waals surface area contributed by atoms with Gasteiger partial charge >= 0.3 is 0 Å². The molecule has 2 aromatic heterocycles. The molecule has 2 N–H and O–H groups in total. The van der Waals surface area contributed by atoms with Gasteiger partial charge in [0.05, 0.1) is 12.2 Å². The number of pyridine rings is 1. The summed E-state index contributed by atoms with van der Waals surface area (Å²) in [5.74, 6) is 0.871. The molecule has 6 heteroatoms. The van der Waals surface area contributed by atoms with Crippen LogP contribution in [0, 0.1) is 12.8 Å². The highest BCUT2D eigenvalue weighted by atomic mass is 16.1. The van der Waals surface area contributed by atoms with Crippen LogP contribution < -0.4 is 10.6 Å². The second-order valence-corrected chi connectivity index (χ2v) is 5.83. The lowest BCUT2D eigenvalue weighted by Gasteiger charge is -2.09. The van der Waals surface area contributed by atoms with Gasteiger partial charge in [0.25, 0.3) is 5.91 Å². The van der Waals surface area contributed by atoms with E-state index in [9.17, 15) is 4.79 Å². The molecule has 0 radical (unpaired) electrons. The Balaban J connectivity index is 1.97. The van der Waals surface area contributed by atoms with E-state index in [4.69, 9.17) is 0 Å². The van der Waals surface area contributed by atoms with Crippen molar-refractivity contribution in [2.45, 2.75) is 33.7 Å². The second-order valence-electron chi connectivity index (χ2n) is 5.83. The third-order valence-electron chi connectivity index (χ3n) is 3.25. The largest absolute Gasteiger partial charge is 0.354 e. The first-order valence-electron chi connectivity index (χ1n) is 7.82. The van der Waals surface area contributed by atoms with Crippen LogP contribution in [0.4, 0.5) is 5.95 Å². The lowest BCUT2D eigenvalue weighted by molar-refractivity contribution is 0.0945. The number of aryl methyl sites for hydroxylation is 1. The monoisotopic (exact) mass is 313 g/mol. The Hall–Kier alpha value is -2.50. The summed E-state index contributed by atoms with van der Waals surface area (Å²) in [6, 6.07) is 7.28. The summed E-state index contributed by atoms with van der Waals surface area (Å²) in [6.07, 6.45) is 2.73. The molecule has 1 amide bonds. The summed E-state index contributed by atoms with van der Waals surface area (Å²) in [5.41, 5.74) is 1.93. The molecule has 2 aromatic rings. The molecule has 0 unspecified atom stereocenters. The molecule has 0 atom stereocenters. The van der Waals surface area contributed by atoms with Crippen LogP contribution in [0.25, 0.3) is 0 Å². The first kappa shape index (κ1) is 16.9. The van der Waals surface area contributed by atoms with Gasteiger partial charge in [-0.05, 0) is 37.5 Å². The minimum atomic E-state index is -0.229. The third-order valence-corrected chi connectivity index (χ3v) is 3.25. The molecule has 0 aliphatic carbocycles. The predicted octanol–water partition coefficient (Wildman–Crippen LogP) is 2.57. The van der Waals surface area contributed by atoms with Crippen LogP contribution in [0.5, 0.6) is 0 Å². The number of nitrogens with one attached hydrogen (secondary N) is 2. The van der Waals surface area contributed by atoms with Gasteiger partial charge in [-0.15, -0.1) is 0 Å². The highest BCUT2D eigenvalue weighted by Crippen LogP contribution is 2.07. The summed E-state index contributed by atoms with van der Waals surface area (Å²) in [6.45, 7) is 7.34. The molecule has 6 nitrogen and oxygen atoms in total. The smallest absolute Gasteiger partial charge is 0.270 e. The van der Waals surface area contributed by atoms with Crippen LogP contribution >= 0.6 is 0 Å². The fourth-order valence-corrected chi connectivity index (χ4v) is 2.00. The van der Waals surface area contributed by atoms with Crippen molar-refractivity contribution in [3.63, 3.8) is 0 Å². The summed E-state index contributed by atoms with van der Waals surface area (Å²) in [4.78, 5) is 25.0. The molecule has 2 rings (SSSR count). The first-order chi connectivity index (χ1) is 11.0. The van der Waals surface area contributed by atoms with E-state index in [-0.39, 0.29) is 5.91 Å². The molecule has 0 saturated heterocycles. The van der Waals surface area contributed by atoms with Gasteiger partial charge in [-0.1, -0.05) is 19.9 Å². The summed E-state index contributed by atoms with van der Waals surface area (Å²) in [5, 5.41) is 6.00. The van der Waals surface area contributed by atoms with Crippen molar-refractivity contribution in [2.24, 2.45) is 5.92 Å². The van der Waals surface area contributed by atoms with E-state index in [2.05, 4.69) is 39.4 Å². The van der Waals surface area contributed by atoms with E-state index in [1.165, 1.54) is 0 Å². The predicted molar refractivity (Wildman–Crippen MR) is 90.1 cm³/mol. The SMILES string of the molecule is Cc1cc(C(=O)NCc2ccccn2)nc(NCCC(C)C)n1. The Morgan fingerprint density at radius 2 is 2.09 bits per heavy atom. The molecule has 0 saturated carbocycles. The van der Waals surface area contributed by atoms with Gasteiger partial charge in [-0.2, -0.15) is 0 Å². The lowest BCUT2D eigenvalue weighted by Crippen LogP contribution is -2.25. The number of anilines is 1. The van der Waals surface area contributed by atoms with Crippen molar-refractivity contribution in [3.8, 4) is 0 Å². The zero-order valence-corrected chi connectivity index (χ0v) is 13.8. The Morgan fingerprint density at radius 1 is 1.26 bits per heavy atom. The van der Waals surface area contributed by atoms with Crippen molar-refractivity contribution in [2.75, 3.05) is 11.9 Å². The number of aromatic nitrogens is 3. The minimum Gasteiger partial charge on any atom is -0.354 e. The van der Waals surface area contributed by atoms with Crippen molar-refractivity contribution in [1.29, 1.82) is 0 Å². The van der Waals surface area contributed by atoms with Crippen LogP contribution in [0.1, 0.15) is 42.1 Å². The molecule has 2 heterocycles. The van der Waals surface area contributed by atoms with Gasteiger partial charge in [-0.25, -0.2) is 9.97 Å². The lowest BCUT2D eigenvalue weighted by atomic mass is 10.1. The Bertz CT molecular complexity index is 643. The van der Waals surface area contributed by atoms with Gasteiger partial charge in [0, 0.05) is 18.4 Å². The van der Waals surface area contributed by atoms with Gasteiger partial charge in [0.15, 0.2) is 0 Å². The number of hydrogen-bond acceptors (Lipinski definition) is 5. The highest BCUT2D eigenvalue weighted by Gasteiger charge is 2.10. The molecule has 0 spiro atoms. The molecule has 0 aliphatic rings. The van der Waals surface area contributed by atoms with E-state index in [1.807, 2.05) is 25.1 Å². The number of carbonyl (C=O) groups excluding carboxylic acids is 1. The number of hydrogen-bond donors (Lipinski definition) is 2. The second kappa shape index (κ2) is 8.22. The quantitative estimate of drug-likeness (QED) is 0.821. The Morgan fingerprint density at radius 3 is 2.78 bits per heavy atom. The number of amides is 1. The molecule has 0 aliphatic heterocycles. The van der Waals surface area contributed by atoms with Crippen LogP contribution in [0.15, 0.2) is 30.5 Å². The van der Waals surface area contributed by atoms with E-state index < -0.39 is 0 Å². The number of rotatable bonds is 7. The average Bonchev–Trinajstić information content (AvgIpc) is 2.52. The Labute approximate surface area is 136 Å². The van der Waals surface area contributed by atoms with E-state index >= 15 is 0 Å². The van der Waals surface area contributed by atoms with Crippen LogP contribution in [-0.2, 0) is 6.54 Å². The summed E-state index contributed by atoms with van der Waals surface area (Å²) < 4.78 is 0. The van der Waals surface area contributed by atoms with Crippen LogP contribution in [0.2, 0.25) is 0 Å². The minimum absolute atomic E-state index is 0.229. The molecular weight excluding hydrogens is 290 g/mol. The summed E-state index contributed by atoms with van der Waals surface area (Å²) in [7, 11) is 0. The standard InChI is InChI=1S/C17H23N5O/c1-12(2)7-9-19-17-21-13(3)10-15(22-17)16(23)20-11-14-6-4-5-8-18-14/h4-6,8,10,12H,7,9,11H2,1-3H3,(H,20,23)(H,19,21,22). The number of nitrogens with zero attached hydrogens (tertiary/aromatic N) is 3. The van der Waals surface area contributed by atoms with Gasteiger partial charge in [-0.3, -0.25) is 9.78 Å². The fourth-order valence-electron chi connectivity index (χ4n) is 2.00. The van der Waals surface area contributed by atoms with Crippen molar-refractivity contribution >= 4 is 11.9 Å². The van der Waals surface area contributed by atoms with Gasteiger partial charge < -0.3 is 10.6 Å². The third kappa shape index (κ3) is 5.65. The molecule has 23 heavy (non-hydrogen) atoms.